The third kappa shape index (κ3) is 5.23. The Labute approximate surface area is 201 Å². The fourth-order valence-corrected chi connectivity index (χ4v) is 5.74. The van der Waals surface area contributed by atoms with Crippen LogP contribution in [-0.2, 0) is 11.2 Å². The van der Waals surface area contributed by atoms with Crippen LogP contribution in [0, 0.1) is 13.8 Å². The van der Waals surface area contributed by atoms with Crippen LogP contribution in [0.3, 0.4) is 0 Å². The molecule has 4 rings (SSSR count). The minimum absolute atomic E-state index is 0.0250. The van der Waals surface area contributed by atoms with E-state index in [1.807, 2.05) is 26.0 Å². The third-order valence-electron chi connectivity index (χ3n) is 5.25. The summed E-state index contributed by atoms with van der Waals surface area (Å²) in [5.74, 6) is -0.129. The van der Waals surface area contributed by atoms with E-state index in [0.717, 1.165) is 28.9 Å². The number of carbonyl (C=O) groups is 2. The van der Waals surface area contributed by atoms with Gasteiger partial charge >= 0.3 is 0 Å². The van der Waals surface area contributed by atoms with Crippen molar-refractivity contribution in [1.82, 2.24) is 9.55 Å². The van der Waals surface area contributed by atoms with Gasteiger partial charge in [-0.25, -0.2) is 4.98 Å². The highest BCUT2D eigenvalue weighted by Gasteiger charge is 2.27. The number of benzene rings is 2. The van der Waals surface area contributed by atoms with Crippen LogP contribution in [-0.4, -0.2) is 32.2 Å². The smallest absolute Gasteiger partial charge is 0.272 e. The molecule has 2 heterocycles. The zero-order chi connectivity index (χ0) is 23.7. The average molecular weight is 480 g/mol. The molecule has 6 nitrogen and oxygen atoms in total. The van der Waals surface area contributed by atoms with Crippen molar-refractivity contribution in [2.24, 2.45) is 0 Å². The van der Waals surface area contributed by atoms with Crippen LogP contribution in [0.15, 0.2) is 57.3 Å². The van der Waals surface area contributed by atoms with Crippen molar-refractivity contribution in [1.29, 1.82) is 0 Å². The number of fused-ring (bicyclic) bond motifs is 1. The molecule has 8 heteroatoms. The maximum absolute atomic E-state index is 13.4. The molecule has 170 valence electrons. The molecule has 2 aromatic carbocycles. The number of nitrogens with zero attached hydrogens (tertiary/aromatic N) is 2. The normalized spacial score (nSPS) is 14.7. The molecule has 1 aliphatic heterocycles. The van der Waals surface area contributed by atoms with Crippen molar-refractivity contribution in [2.75, 3.05) is 11.1 Å². The number of ketones is 1. The fourth-order valence-electron chi connectivity index (χ4n) is 3.82. The molecular formula is C25H25N3O3S2. The lowest BCUT2D eigenvalue weighted by Crippen LogP contribution is -2.25. The van der Waals surface area contributed by atoms with Gasteiger partial charge in [0.1, 0.15) is 0 Å². The second-order valence-electron chi connectivity index (χ2n) is 8.26. The van der Waals surface area contributed by atoms with Gasteiger partial charge in [-0.05, 0) is 68.3 Å². The molecule has 1 N–H and O–H groups in total. The quantitative estimate of drug-likeness (QED) is 0.310. The lowest BCUT2D eigenvalue weighted by Gasteiger charge is -2.15. The Morgan fingerprint density at radius 1 is 1.15 bits per heavy atom. The van der Waals surface area contributed by atoms with E-state index in [4.69, 9.17) is 4.98 Å². The number of nitrogens with one attached hydrogen (secondary N) is 1. The minimum atomic E-state index is -0.208. The molecule has 1 unspecified atom stereocenters. The number of hydrogen-bond donors (Lipinski definition) is 1. The van der Waals surface area contributed by atoms with Crippen LogP contribution in [0.2, 0.25) is 0 Å². The summed E-state index contributed by atoms with van der Waals surface area (Å²) in [5.41, 5.74) is 4.81. The van der Waals surface area contributed by atoms with Crippen LogP contribution in [0.1, 0.15) is 41.0 Å². The summed E-state index contributed by atoms with van der Waals surface area (Å²) >= 11 is 2.81. The van der Waals surface area contributed by atoms with E-state index in [1.54, 1.807) is 40.6 Å². The summed E-state index contributed by atoms with van der Waals surface area (Å²) in [6.45, 7) is 7.58. The molecular weight excluding hydrogens is 454 g/mol. The van der Waals surface area contributed by atoms with Crippen molar-refractivity contribution in [2.45, 2.75) is 49.4 Å². The molecule has 0 saturated carbocycles. The first-order valence-electron chi connectivity index (χ1n) is 10.7. The van der Waals surface area contributed by atoms with E-state index >= 15 is 0 Å². The molecule has 1 aromatic heterocycles. The highest BCUT2D eigenvalue weighted by Crippen LogP contribution is 2.35. The highest BCUT2D eigenvalue weighted by molar-refractivity contribution is 8.00. The summed E-state index contributed by atoms with van der Waals surface area (Å²) in [6, 6.07) is 12.8. The maximum atomic E-state index is 13.4. The van der Waals surface area contributed by atoms with Crippen molar-refractivity contribution in [3.63, 3.8) is 0 Å². The van der Waals surface area contributed by atoms with E-state index in [2.05, 4.69) is 18.3 Å². The van der Waals surface area contributed by atoms with Crippen molar-refractivity contribution < 1.29 is 9.59 Å². The summed E-state index contributed by atoms with van der Waals surface area (Å²) in [4.78, 5) is 43.0. The molecule has 0 bridgehead atoms. The van der Waals surface area contributed by atoms with E-state index in [-0.39, 0.29) is 23.0 Å². The Morgan fingerprint density at radius 2 is 1.82 bits per heavy atom. The molecule has 0 spiro atoms. The van der Waals surface area contributed by atoms with E-state index < -0.39 is 0 Å². The molecule has 3 aromatic rings. The van der Waals surface area contributed by atoms with E-state index in [0.29, 0.717) is 26.6 Å². The van der Waals surface area contributed by atoms with Crippen molar-refractivity contribution in [3.8, 4) is 5.69 Å². The molecule has 0 radical (unpaired) electrons. The van der Waals surface area contributed by atoms with Crippen LogP contribution < -0.4 is 10.9 Å². The predicted octanol–water partition coefficient (Wildman–Crippen LogP) is 4.82. The number of Topliss-reactive ketones (excluding diaryl/α,β-unsaturated/α-hetero) is 1. The molecule has 1 aliphatic rings. The number of rotatable bonds is 6. The Kier molecular flexibility index (Phi) is 6.76. The van der Waals surface area contributed by atoms with Gasteiger partial charge in [0.15, 0.2) is 10.9 Å². The van der Waals surface area contributed by atoms with Crippen molar-refractivity contribution in [3.05, 3.63) is 75.2 Å². The second kappa shape index (κ2) is 9.57. The zero-order valence-electron chi connectivity index (χ0n) is 19.0. The van der Waals surface area contributed by atoms with Crippen LogP contribution >= 0.6 is 23.5 Å². The lowest BCUT2D eigenvalue weighted by atomic mass is 10.1. The van der Waals surface area contributed by atoms with Crippen LogP contribution in [0.25, 0.3) is 5.69 Å². The summed E-state index contributed by atoms with van der Waals surface area (Å²) < 4.78 is 1.63. The first kappa shape index (κ1) is 23.3. The number of anilines is 1. The van der Waals surface area contributed by atoms with Gasteiger partial charge < -0.3 is 5.32 Å². The first-order valence-corrected chi connectivity index (χ1v) is 12.5. The molecule has 1 atom stereocenters. The Morgan fingerprint density at radius 3 is 2.45 bits per heavy atom. The second-order valence-corrected chi connectivity index (χ2v) is 10.7. The largest absolute Gasteiger partial charge is 0.325 e. The average Bonchev–Trinajstić information content (AvgIpc) is 3.12. The molecule has 0 fully saturated rings. The monoisotopic (exact) mass is 479 g/mol. The summed E-state index contributed by atoms with van der Waals surface area (Å²) in [6.07, 6.45) is 0.741. The van der Waals surface area contributed by atoms with Gasteiger partial charge in [-0.1, -0.05) is 24.8 Å². The van der Waals surface area contributed by atoms with Gasteiger partial charge in [0.2, 0.25) is 5.91 Å². The van der Waals surface area contributed by atoms with Crippen LogP contribution in [0.5, 0.6) is 0 Å². The molecule has 0 saturated heterocycles. The Bertz CT molecular complexity index is 1280. The predicted molar refractivity (Wildman–Crippen MR) is 134 cm³/mol. The van der Waals surface area contributed by atoms with Crippen molar-refractivity contribution >= 4 is 40.9 Å². The van der Waals surface area contributed by atoms with Gasteiger partial charge in [0, 0.05) is 22.9 Å². The highest BCUT2D eigenvalue weighted by atomic mass is 32.2. The lowest BCUT2D eigenvalue weighted by molar-refractivity contribution is -0.113. The number of hydrogen-bond acceptors (Lipinski definition) is 6. The zero-order valence-corrected chi connectivity index (χ0v) is 20.6. The summed E-state index contributed by atoms with van der Waals surface area (Å²) in [5, 5.41) is 3.65. The standard InChI is InChI=1S/C25H25N3O3S2/c1-14-9-15(2)11-20(10-14)28-24(31)23-21(12-16(3)33-23)27-25(28)32-13-22(30)26-19-7-5-18(6-8-19)17(4)29/h5-11,16H,12-13H2,1-4H3,(H,26,30). The first-order chi connectivity index (χ1) is 15.7. The third-order valence-corrected chi connectivity index (χ3v) is 7.41. The molecule has 33 heavy (non-hydrogen) atoms. The van der Waals surface area contributed by atoms with Gasteiger partial charge in [-0.3, -0.25) is 19.0 Å². The number of aryl methyl sites for hydroxylation is 2. The molecule has 1 amide bonds. The number of thioether (sulfide) groups is 2. The van der Waals surface area contributed by atoms with Gasteiger partial charge in [-0.15, -0.1) is 11.8 Å². The number of aromatic nitrogens is 2. The Balaban J connectivity index is 1.61. The fraction of sp³-hybridized carbons (Fsp3) is 0.280. The number of carbonyl (C=O) groups excluding carboxylic acids is 2. The van der Waals surface area contributed by atoms with E-state index in [9.17, 15) is 14.4 Å². The van der Waals surface area contributed by atoms with E-state index in [1.165, 1.54) is 18.7 Å². The van der Waals surface area contributed by atoms with Gasteiger partial charge in [-0.2, -0.15) is 0 Å². The molecule has 0 aliphatic carbocycles. The van der Waals surface area contributed by atoms with Crippen LogP contribution in [0.4, 0.5) is 5.69 Å². The topological polar surface area (TPSA) is 81.1 Å². The minimum Gasteiger partial charge on any atom is -0.325 e. The van der Waals surface area contributed by atoms with Gasteiger partial charge in [0.25, 0.3) is 5.56 Å². The SMILES string of the molecule is CC(=O)c1ccc(NC(=O)CSc2nc3c(c(=O)n2-c2cc(C)cc(C)c2)SC(C)C3)cc1. The Hall–Kier alpha value is -2.84. The number of amides is 1. The van der Waals surface area contributed by atoms with Gasteiger partial charge in [0.05, 0.1) is 22.0 Å². The summed E-state index contributed by atoms with van der Waals surface area (Å²) in [7, 11) is 0. The maximum Gasteiger partial charge on any atom is 0.272 e.